The summed E-state index contributed by atoms with van der Waals surface area (Å²) in [5.41, 5.74) is 0.655. The van der Waals surface area contributed by atoms with Gasteiger partial charge in [0.05, 0.1) is 6.54 Å². The van der Waals surface area contributed by atoms with Crippen LogP contribution in [0.5, 0.6) is 5.75 Å². The Morgan fingerprint density at radius 3 is 2.38 bits per heavy atom. The SMILES string of the molecule is CC(C)(Oc1ccc(CCCC2NC(=O)N(Cc3ccc4ccccc4c3)C2=O)cc1)C(=O)O. The third-order valence-electron chi connectivity index (χ3n) is 6.03. The minimum Gasteiger partial charge on any atom is -0.478 e. The van der Waals surface area contributed by atoms with Gasteiger partial charge in [0.2, 0.25) is 0 Å². The molecular formula is C27H28N2O5. The van der Waals surface area contributed by atoms with Crippen LogP contribution in [0.3, 0.4) is 0 Å². The molecule has 4 rings (SSSR count). The number of urea groups is 1. The van der Waals surface area contributed by atoms with Crippen LogP contribution < -0.4 is 10.1 Å². The number of carbonyl (C=O) groups is 3. The van der Waals surface area contributed by atoms with Gasteiger partial charge < -0.3 is 15.2 Å². The average molecular weight is 461 g/mol. The topological polar surface area (TPSA) is 95.9 Å². The van der Waals surface area contributed by atoms with Crippen molar-refractivity contribution in [2.45, 2.75) is 51.3 Å². The van der Waals surface area contributed by atoms with Crippen LogP contribution >= 0.6 is 0 Å². The van der Waals surface area contributed by atoms with E-state index in [2.05, 4.69) is 5.32 Å². The number of nitrogens with zero attached hydrogens (tertiary/aromatic N) is 1. The number of nitrogens with one attached hydrogen (secondary N) is 1. The lowest BCUT2D eigenvalue weighted by Crippen LogP contribution is -2.37. The maximum Gasteiger partial charge on any atom is 0.347 e. The molecule has 176 valence electrons. The van der Waals surface area contributed by atoms with Crippen molar-refractivity contribution in [1.82, 2.24) is 10.2 Å². The smallest absolute Gasteiger partial charge is 0.347 e. The van der Waals surface area contributed by atoms with Gasteiger partial charge in [-0.3, -0.25) is 9.69 Å². The Kier molecular flexibility index (Phi) is 6.54. The van der Waals surface area contributed by atoms with Crippen LogP contribution in [0.1, 0.15) is 37.8 Å². The zero-order valence-corrected chi connectivity index (χ0v) is 19.3. The summed E-state index contributed by atoms with van der Waals surface area (Å²) in [6, 6.07) is 20.3. The molecule has 0 aliphatic carbocycles. The highest BCUT2D eigenvalue weighted by Gasteiger charge is 2.37. The number of ether oxygens (including phenoxy) is 1. The second kappa shape index (κ2) is 9.55. The van der Waals surface area contributed by atoms with Crippen molar-refractivity contribution in [1.29, 1.82) is 0 Å². The first-order chi connectivity index (χ1) is 16.2. The van der Waals surface area contributed by atoms with Crippen LogP contribution in [0.25, 0.3) is 10.8 Å². The maximum absolute atomic E-state index is 12.8. The van der Waals surface area contributed by atoms with E-state index in [9.17, 15) is 19.5 Å². The van der Waals surface area contributed by atoms with Crippen LogP contribution in [0.2, 0.25) is 0 Å². The second-order valence-corrected chi connectivity index (χ2v) is 9.06. The molecule has 3 amide bonds. The number of fused-ring (bicyclic) bond motifs is 1. The summed E-state index contributed by atoms with van der Waals surface area (Å²) in [6.45, 7) is 3.25. The van der Waals surface area contributed by atoms with Gasteiger partial charge >= 0.3 is 12.0 Å². The van der Waals surface area contributed by atoms with Gasteiger partial charge in [-0.1, -0.05) is 48.5 Å². The predicted octanol–water partition coefficient (Wildman–Crippen LogP) is 4.53. The number of carboxylic acids is 1. The average Bonchev–Trinajstić information content (AvgIpc) is 3.07. The minimum absolute atomic E-state index is 0.196. The van der Waals surface area contributed by atoms with E-state index in [0.717, 1.165) is 34.7 Å². The van der Waals surface area contributed by atoms with E-state index >= 15 is 0 Å². The highest BCUT2D eigenvalue weighted by molar-refractivity contribution is 6.04. The lowest BCUT2D eigenvalue weighted by Gasteiger charge is -2.21. The summed E-state index contributed by atoms with van der Waals surface area (Å²) in [5, 5.41) is 14.2. The lowest BCUT2D eigenvalue weighted by atomic mass is 10.0. The molecule has 1 fully saturated rings. The van der Waals surface area contributed by atoms with Crippen molar-refractivity contribution in [2.24, 2.45) is 0 Å². The van der Waals surface area contributed by atoms with Crippen LogP contribution in [0, 0.1) is 0 Å². The van der Waals surface area contributed by atoms with Gasteiger partial charge in [-0.2, -0.15) is 0 Å². The van der Waals surface area contributed by atoms with Gasteiger partial charge in [0.1, 0.15) is 11.8 Å². The molecule has 1 saturated heterocycles. The second-order valence-electron chi connectivity index (χ2n) is 9.06. The molecular weight excluding hydrogens is 432 g/mol. The van der Waals surface area contributed by atoms with E-state index in [0.29, 0.717) is 12.2 Å². The molecule has 3 aromatic carbocycles. The standard InChI is InChI=1S/C27H28N2O5/c1-27(2,25(31)32)34-22-14-11-18(12-15-22)6-5-9-23-24(30)29(26(33)28-23)17-19-10-13-20-7-3-4-8-21(20)16-19/h3-4,7-8,10-16,23H,5-6,9,17H2,1-2H3,(H,28,33)(H,31,32). The van der Waals surface area contributed by atoms with Crippen LogP contribution in [-0.4, -0.2) is 39.6 Å². The molecule has 0 spiro atoms. The first kappa shape index (κ1) is 23.3. The molecule has 1 atom stereocenters. The molecule has 7 nitrogen and oxygen atoms in total. The van der Waals surface area contributed by atoms with Crippen molar-refractivity contribution in [3.05, 3.63) is 77.9 Å². The summed E-state index contributed by atoms with van der Waals surface area (Å²) < 4.78 is 5.52. The van der Waals surface area contributed by atoms with Gasteiger partial charge in [0.15, 0.2) is 5.60 Å². The number of hydrogen-bond donors (Lipinski definition) is 2. The Labute approximate surface area is 198 Å². The van der Waals surface area contributed by atoms with Crippen molar-refractivity contribution in [3.63, 3.8) is 0 Å². The Balaban J connectivity index is 1.29. The molecule has 0 bridgehead atoms. The lowest BCUT2D eigenvalue weighted by molar-refractivity contribution is -0.152. The molecule has 3 aromatic rings. The Morgan fingerprint density at radius 1 is 1.00 bits per heavy atom. The van der Waals surface area contributed by atoms with Gasteiger partial charge in [0, 0.05) is 0 Å². The molecule has 1 aliphatic rings. The van der Waals surface area contributed by atoms with Crippen molar-refractivity contribution < 1.29 is 24.2 Å². The van der Waals surface area contributed by atoms with Crippen LogP contribution in [0.4, 0.5) is 4.79 Å². The molecule has 0 aromatic heterocycles. The van der Waals surface area contributed by atoms with Crippen molar-refractivity contribution in [2.75, 3.05) is 0 Å². The largest absolute Gasteiger partial charge is 0.478 e. The number of benzene rings is 3. The quantitative estimate of drug-likeness (QED) is 0.458. The summed E-state index contributed by atoms with van der Waals surface area (Å²) >= 11 is 0. The molecule has 7 heteroatoms. The first-order valence-corrected chi connectivity index (χ1v) is 11.3. The number of amides is 3. The zero-order chi connectivity index (χ0) is 24.3. The Morgan fingerprint density at radius 2 is 1.68 bits per heavy atom. The normalized spacial score (nSPS) is 16.1. The van der Waals surface area contributed by atoms with E-state index in [4.69, 9.17) is 4.74 Å². The first-order valence-electron chi connectivity index (χ1n) is 11.3. The minimum atomic E-state index is -1.30. The number of hydrogen-bond acceptors (Lipinski definition) is 4. The van der Waals surface area contributed by atoms with Gasteiger partial charge in [-0.25, -0.2) is 9.59 Å². The number of rotatable bonds is 9. The Hall–Kier alpha value is -3.87. The number of imide groups is 1. The summed E-state index contributed by atoms with van der Waals surface area (Å²) in [4.78, 5) is 37.8. The molecule has 1 heterocycles. The molecule has 0 radical (unpaired) electrons. The summed E-state index contributed by atoms with van der Waals surface area (Å²) in [5.74, 6) is -0.744. The highest BCUT2D eigenvalue weighted by Crippen LogP contribution is 2.22. The van der Waals surface area contributed by atoms with E-state index in [1.807, 2.05) is 54.6 Å². The van der Waals surface area contributed by atoms with E-state index in [1.165, 1.54) is 18.7 Å². The van der Waals surface area contributed by atoms with Gasteiger partial charge in [-0.05, 0) is 73.2 Å². The molecule has 34 heavy (non-hydrogen) atoms. The zero-order valence-electron chi connectivity index (χ0n) is 19.3. The molecule has 1 aliphatic heterocycles. The highest BCUT2D eigenvalue weighted by atomic mass is 16.5. The van der Waals surface area contributed by atoms with Gasteiger partial charge in [0.25, 0.3) is 5.91 Å². The fourth-order valence-electron chi connectivity index (χ4n) is 4.01. The van der Waals surface area contributed by atoms with Crippen LogP contribution in [-0.2, 0) is 22.6 Å². The maximum atomic E-state index is 12.8. The van der Waals surface area contributed by atoms with E-state index in [1.54, 1.807) is 12.1 Å². The van der Waals surface area contributed by atoms with Crippen LogP contribution in [0.15, 0.2) is 66.7 Å². The number of carboxylic acid groups (broad SMARTS) is 1. The molecule has 0 saturated carbocycles. The third kappa shape index (κ3) is 5.20. The fourth-order valence-corrected chi connectivity index (χ4v) is 4.01. The predicted molar refractivity (Wildman–Crippen MR) is 129 cm³/mol. The number of carbonyl (C=O) groups excluding carboxylic acids is 2. The number of aliphatic carboxylic acids is 1. The third-order valence-corrected chi connectivity index (χ3v) is 6.03. The molecule has 1 unspecified atom stereocenters. The van der Waals surface area contributed by atoms with Crippen molar-refractivity contribution in [3.8, 4) is 5.75 Å². The summed E-state index contributed by atoms with van der Waals surface area (Å²) in [7, 11) is 0. The Bertz CT molecular complexity index is 1220. The van der Waals surface area contributed by atoms with E-state index < -0.39 is 17.6 Å². The fraction of sp³-hybridized carbons (Fsp3) is 0.296. The van der Waals surface area contributed by atoms with Crippen molar-refractivity contribution >= 4 is 28.7 Å². The monoisotopic (exact) mass is 460 g/mol. The summed E-state index contributed by atoms with van der Waals surface area (Å²) in [6.07, 6.45) is 2.00. The van der Waals surface area contributed by atoms with Gasteiger partial charge in [-0.15, -0.1) is 0 Å². The molecule has 2 N–H and O–H groups in total. The van der Waals surface area contributed by atoms with E-state index in [-0.39, 0.29) is 18.5 Å². The number of aryl methyl sites for hydroxylation is 1.